The summed E-state index contributed by atoms with van der Waals surface area (Å²) < 4.78 is 0. The summed E-state index contributed by atoms with van der Waals surface area (Å²) in [6.45, 7) is 4.26. The highest BCUT2D eigenvalue weighted by atomic mass is 31.0. The Morgan fingerprint density at radius 3 is 1.33 bits per heavy atom. The second kappa shape index (κ2) is 9.27. The van der Waals surface area contributed by atoms with Crippen molar-refractivity contribution in [2.75, 3.05) is 0 Å². The quantitative estimate of drug-likeness (QED) is 0.491. The molecule has 2 atom stereocenters. The Balaban J connectivity index is -0.0000000450. The maximum Gasteiger partial charge on any atom is -0.0321 e. The number of hydrogen-bond acceptors (Lipinski definition) is 1. The van der Waals surface area contributed by atoms with Crippen LogP contribution in [-0.2, 0) is 0 Å². The van der Waals surface area contributed by atoms with Crippen LogP contribution in [0.2, 0.25) is 0 Å². The smallest absolute Gasteiger partial charge is 0.0321 e. The molecule has 0 bridgehead atoms. The SMILES string of the molecule is CC(C)P.N.P. The lowest BCUT2D eigenvalue weighted by Gasteiger charge is -1.79. The van der Waals surface area contributed by atoms with E-state index in [4.69, 9.17) is 0 Å². The number of rotatable bonds is 0. The van der Waals surface area contributed by atoms with Crippen LogP contribution in [-0.4, -0.2) is 5.66 Å². The maximum atomic E-state index is 2.66. The van der Waals surface area contributed by atoms with Crippen molar-refractivity contribution in [3.63, 3.8) is 0 Å². The topological polar surface area (TPSA) is 35.0 Å². The molecular weight excluding hydrogens is 112 g/mol. The van der Waals surface area contributed by atoms with E-state index >= 15 is 0 Å². The molecule has 42 valence electrons. The number of hydrogen-bond donors (Lipinski definition) is 1. The van der Waals surface area contributed by atoms with E-state index in [2.05, 4.69) is 23.1 Å². The summed E-state index contributed by atoms with van der Waals surface area (Å²) in [6.07, 6.45) is 0. The third-order valence-electron chi connectivity index (χ3n) is 0. The molecule has 0 radical (unpaired) electrons. The fourth-order valence-corrected chi connectivity index (χ4v) is 0. The summed E-state index contributed by atoms with van der Waals surface area (Å²) in [6, 6.07) is 0. The lowest BCUT2D eigenvalue weighted by molar-refractivity contribution is 1.12. The van der Waals surface area contributed by atoms with Crippen LogP contribution in [0, 0.1) is 0 Å². The van der Waals surface area contributed by atoms with Gasteiger partial charge in [0, 0.05) is 0 Å². The van der Waals surface area contributed by atoms with Crippen LogP contribution >= 0.6 is 19.1 Å². The molecule has 0 heterocycles. The largest absolute Gasteiger partial charge is 0.344 e. The van der Waals surface area contributed by atoms with Crippen LogP contribution in [0.25, 0.3) is 0 Å². The Hall–Kier alpha value is 0.820. The first-order valence-electron chi connectivity index (χ1n) is 1.49. The minimum atomic E-state index is 0. The van der Waals surface area contributed by atoms with Gasteiger partial charge < -0.3 is 6.15 Å². The maximum absolute atomic E-state index is 2.66. The molecule has 0 saturated carbocycles. The summed E-state index contributed by atoms with van der Waals surface area (Å²) in [7, 11) is 2.66. The Kier molecular flexibility index (Phi) is 24.4. The molecular formula is C3H15NP2. The predicted molar refractivity (Wildman–Crippen MR) is 41.0 cm³/mol. The highest BCUT2D eigenvalue weighted by Crippen LogP contribution is 1.90. The molecule has 3 heteroatoms. The zero-order valence-electron chi connectivity index (χ0n) is 4.57. The zero-order chi connectivity index (χ0) is 3.58. The summed E-state index contributed by atoms with van der Waals surface area (Å²) in [5.41, 5.74) is 0.750. The van der Waals surface area contributed by atoms with Crippen molar-refractivity contribution in [3.05, 3.63) is 0 Å². The van der Waals surface area contributed by atoms with Gasteiger partial charge in [0.05, 0.1) is 0 Å². The van der Waals surface area contributed by atoms with E-state index in [0.29, 0.717) is 0 Å². The average molecular weight is 127 g/mol. The molecule has 0 saturated heterocycles. The highest BCUT2D eigenvalue weighted by molar-refractivity contribution is 7.17. The van der Waals surface area contributed by atoms with E-state index in [1.54, 1.807) is 0 Å². The third-order valence-corrected chi connectivity index (χ3v) is 0. The molecule has 3 N–H and O–H groups in total. The average Bonchev–Trinajstić information content (AvgIpc) is 0.811. The van der Waals surface area contributed by atoms with Crippen LogP contribution in [0.1, 0.15) is 13.8 Å². The molecule has 0 aliphatic carbocycles. The highest BCUT2D eigenvalue weighted by Gasteiger charge is 1.68. The molecule has 6 heavy (non-hydrogen) atoms. The van der Waals surface area contributed by atoms with E-state index in [0.717, 1.165) is 5.66 Å². The predicted octanol–water partition coefficient (Wildman–Crippen LogP) is 1.49. The van der Waals surface area contributed by atoms with Crippen LogP contribution in [0.5, 0.6) is 0 Å². The van der Waals surface area contributed by atoms with E-state index in [1.807, 2.05) is 0 Å². The molecule has 0 aromatic heterocycles. The molecule has 0 aromatic rings. The van der Waals surface area contributed by atoms with Gasteiger partial charge in [-0.25, -0.2) is 0 Å². The van der Waals surface area contributed by atoms with Crippen molar-refractivity contribution in [2.45, 2.75) is 19.5 Å². The molecule has 0 spiro atoms. The van der Waals surface area contributed by atoms with Crippen LogP contribution in [0.4, 0.5) is 0 Å². The standard InChI is InChI=1S/C3H9P.H3N.H3P/c1-3(2)4;;/h3H,4H2,1-2H3;2*1H3. The van der Waals surface area contributed by atoms with Crippen molar-refractivity contribution in [2.24, 2.45) is 0 Å². The Morgan fingerprint density at radius 1 is 1.33 bits per heavy atom. The van der Waals surface area contributed by atoms with Gasteiger partial charge in [0.1, 0.15) is 0 Å². The van der Waals surface area contributed by atoms with Crippen molar-refractivity contribution >= 4 is 19.1 Å². The van der Waals surface area contributed by atoms with Crippen LogP contribution < -0.4 is 6.15 Å². The molecule has 0 aliphatic rings. The van der Waals surface area contributed by atoms with Gasteiger partial charge in [-0.05, 0) is 5.66 Å². The zero-order valence-corrected chi connectivity index (χ0v) is 7.14. The van der Waals surface area contributed by atoms with Crippen molar-refractivity contribution < 1.29 is 0 Å². The van der Waals surface area contributed by atoms with Gasteiger partial charge in [-0.1, -0.05) is 13.8 Å². The van der Waals surface area contributed by atoms with Gasteiger partial charge >= 0.3 is 0 Å². The molecule has 0 fully saturated rings. The van der Waals surface area contributed by atoms with Gasteiger partial charge in [-0.3, -0.25) is 0 Å². The fraction of sp³-hybridized carbons (Fsp3) is 1.00. The monoisotopic (exact) mass is 127 g/mol. The summed E-state index contributed by atoms with van der Waals surface area (Å²) in [4.78, 5) is 0. The first-order valence-corrected chi connectivity index (χ1v) is 2.15. The lowest BCUT2D eigenvalue weighted by atomic mass is 10.6. The summed E-state index contributed by atoms with van der Waals surface area (Å²) in [5, 5.41) is 0. The minimum absolute atomic E-state index is 0. The minimum Gasteiger partial charge on any atom is -0.344 e. The normalized spacial score (nSPS) is 6.00. The van der Waals surface area contributed by atoms with E-state index in [1.165, 1.54) is 0 Å². The van der Waals surface area contributed by atoms with Crippen molar-refractivity contribution in [1.29, 1.82) is 0 Å². The Bertz CT molecular complexity index is 13.5. The van der Waals surface area contributed by atoms with Crippen molar-refractivity contribution in [1.82, 2.24) is 6.15 Å². The summed E-state index contributed by atoms with van der Waals surface area (Å²) in [5.74, 6) is 0. The third kappa shape index (κ3) is 105. The van der Waals surface area contributed by atoms with Gasteiger partial charge in [-0.15, -0.1) is 9.24 Å². The van der Waals surface area contributed by atoms with Gasteiger partial charge in [0.2, 0.25) is 0 Å². The molecule has 0 aromatic carbocycles. The van der Waals surface area contributed by atoms with Crippen molar-refractivity contribution in [3.8, 4) is 0 Å². The van der Waals surface area contributed by atoms with E-state index in [9.17, 15) is 0 Å². The molecule has 2 unspecified atom stereocenters. The van der Waals surface area contributed by atoms with Gasteiger partial charge in [0.25, 0.3) is 0 Å². The molecule has 1 nitrogen and oxygen atoms in total. The van der Waals surface area contributed by atoms with Gasteiger partial charge in [-0.2, -0.15) is 9.90 Å². The van der Waals surface area contributed by atoms with Gasteiger partial charge in [0.15, 0.2) is 0 Å². The second-order valence-corrected chi connectivity index (χ2v) is 2.58. The van der Waals surface area contributed by atoms with E-state index < -0.39 is 0 Å². The molecule has 0 rings (SSSR count). The Labute approximate surface area is 45.7 Å². The van der Waals surface area contributed by atoms with Crippen LogP contribution in [0.3, 0.4) is 0 Å². The Morgan fingerprint density at radius 2 is 1.33 bits per heavy atom. The first-order chi connectivity index (χ1) is 1.73. The lowest BCUT2D eigenvalue weighted by Crippen LogP contribution is -1.69. The molecule has 0 aliphatic heterocycles. The summed E-state index contributed by atoms with van der Waals surface area (Å²) >= 11 is 0. The second-order valence-electron chi connectivity index (χ2n) is 1.24. The van der Waals surface area contributed by atoms with Crippen LogP contribution in [0.15, 0.2) is 0 Å². The fourth-order valence-electron chi connectivity index (χ4n) is 0. The molecule has 0 amide bonds. The first kappa shape index (κ1) is 15.8. The van der Waals surface area contributed by atoms with E-state index in [-0.39, 0.29) is 16.0 Å².